The number of hydrogen-bond donors (Lipinski definition) is 1. The Balaban J connectivity index is 0.00000167. The molecule has 7 heteroatoms. The van der Waals surface area contributed by atoms with Crippen LogP contribution in [0.15, 0.2) is 30.3 Å². The molecule has 0 saturated heterocycles. The van der Waals surface area contributed by atoms with Crippen LogP contribution in [0.1, 0.15) is 45.7 Å². The largest absolute Gasteiger partial charge is 0.497 e. The SMILES string of the molecule is CC.COc1ccc2c3c(c4cc(OC)c(OC)cc4c2c1)CC(CO)N(C(=O)OC(C)(C)C)C3. The first-order chi connectivity index (χ1) is 16.7. The summed E-state index contributed by atoms with van der Waals surface area (Å²) in [7, 11) is 4.87. The second kappa shape index (κ2) is 10.6. The fourth-order valence-electron chi connectivity index (χ4n) is 4.57. The maximum Gasteiger partial charge on any atom is 0.410 e. The van der Waals surface area contributed by atoms with Crippen LogP contribution in [0, 0.1) is 0 Å². The molecule has 1 heterocycles. The lowest BCUT2D eigenvalue weighted by Gasteiger charge is -2.38. The number of fused-ring (bicyclic) bond motifs is 6. The van der Waals surface area contributed by atoms with Crippen molar-refractivity contribution in [3.8, 4) is 17.2 Å². The van der Waals surface area contributed by atoms with E-state index in [4.69, 9.17) is 18.9 Å². The Morgan fingerprint density at radius 1 is 0.914 bits per heavy atom. The minimum absolute atomic E-state index is 0.159. The van der Waals surface area contributed by atoms with Crippen LogP contribution in [-0.4, -0.2) is 55.7 Å². The lowest BCUT2D eigenvalue weighted by Crippen LogP contribution is -2.48. The molecule has 4 rings (SSSR count). The Bertz CT molecular complexity index is 1210. The highest BCUT2D eigenvalue weighted by atomic mass is 16.6. The van der Waals surface area contributed by atoms with E-state index in [1.54, 1.807) is 26.2 Å². The first kappa shape index (κ1) is 26.4. The number of hydrogen-bond acceptors (Lipinski definition) is 6. The Morgan fingerprint density at radius 3 is 2.06 bits per heavy atom. The minimum Gasteiger partial charge on any atom is -0.497 e. The van der Waals surface area contributed by atoms with E-state index in [9.17, 15) is 9.90 Å². The topological polar surface area (TPSA) is 77.5 Å². The fraction of sp³-hybridized carbons (Fsp3) is 0.464. The summed E-state index contributed by atoms with van der Waals surface area (Å²) < 4.78 is 22.3. The van der Waals surface area contributed by atoms with Gasteiger partial charge < -0.3 is 24.1 Å². The summed E-state index contributed by atoms with van der Waals surface area (Å²) in [5, 5.41) is 14.2. The van der Waals surface area contributed by atoms with Crippen LogP contribution in [-0.2, 0) is 17.7 Å². The van der Waals surface area contributed by atoms with E-state index in [1.165, 1.54) is 0 Å². The van der Waals surface area contributed by atoms with Crippen LogP contribution < -0.4 is 14.2 Å². The third kappa shape index (κ3) is 5.10. The standard InChI is InChI=1S/C26H31NO6.C2H6/c1-26(2,3)33-25(29)27-13-22-17-8-7-16(30-4)10-19(17)21-12-24(32-6)23(31-5)11-20(21)18(22)9-15(27)14-28;1-2/h7-8,10-12,15,28H,9,13-14H2,1-6H3;1-2H3. The normalized spacial score (nSPS) is 15.2. The van der Waals surface area contributed by atoms with Crippen LogP contribution in [0.4, 0.5) is 4.79 Å². The predicted molar refractivity (Wildman–Crippen MR) is 139 cm³/mol. The van der Waals surface area contributed by atoms with Gasteiger partial charge in [0.05, 0.1) is 40.5 Å². The number of rotatable bonds is 4. The number of benzene rings is 3. The summed E-state index contributed by atoms with van der Waals surface area (Å²) in [5.41, 5.74) is 1.49. The quantitative estimate of drug-likeness (QED) is 0.480. The molecule has 1 aliphatic heterocycles. The van der Waals surface area contributed by atoms with Gasteiger partial charge in [-0.25, -0.2) is 4.79 Å². The van der Waals surface area contributed by atoms with Gasteiger partial charge in [-0.2, -0.15) is 0 Å². The van der Waals surface area contributed by atoms with Crippen LogP contribution in [0.3, 0.4) is 0 Å². The van der Waals surface area contributed by atoms with Gasteiger partial charge in [0, 0.05) is 0 Å². The zero-order valence-corrected chi connectivity index (χ0v) is 22.0. The molecule has 0 fully saturated rings. The number of amides is 1. The molecule has 0 bridgehead atoms. The Kier molecular flexibility index (Phi) is 8.00. The van der Waals surface area contributed by atoms with Crippen molar-refractivity contribution < 1.29 is 28.8 Å². The van der Waals surface area contributed by atoms with Gasteiger partial charge in [0.1, 0.15) is 11.4 Å². The van der Waals surface area contributed by atoms with Crippen molar-refractivity contribution in [2.75, 3.05) is 27.9 Å². The monoisotopic (exact) mass is 483 g/mol. The highest BCUT2D eigenvalue weighted by Gasteiger charge is 2.34. The van der Waals surface area contributed by atoms with E-state index < -0.39 is 11.7 Å². The van der Waals surface area contributed by atoms with E-state index in [1.807, 2.05) is 65.0 Å². The van der Waals surface area contributed by atoms with Crippen molar-refractivity contribution in [2.45, 2.75) is 59.2 Å². The van der Waals surface area contributed by atoms with Crippen LogP contribution in [0.25, 0.3) is 21.5 Å². The molecule has 0 saturated carbocycles. The molecular weight excluding hydrogens is 446 g/mol. The van der Waals surface area contributed by atoms with Gasteiger partial charge in [0.2, 0.25) is 0 Å². The summed E-state index contributed by atoms with van der Waals surface area (Å²) in [4.78, 5) is 14.6. The molecule has 3 aromatic rings. The minimum atomic E-state index is -0.625. The molecule has 0 aliphatic carbocycles. The van der Waals surface area contributed by atoms with E-state index in [2.05, 4.69) is 0 Å². The summed E-state index contributed by atoms with van der Waals surface area (Å²) in [6, 6.07) is 9.51. The molecule has 1 aliphatic rings. The molecule has 0 aromatic heterocycles. The first-order valence-corrected chi connectivity index (χ1v) is 12.0. The highest BCUT2D eigenvalue weighted by molar-refractivity contribution is 6.12. The maximum absolute atomic E-state index is 13.0. The molecule has 1 unspecified atom stereocenters. The average Bonchev–Trinajstić information content (AvgIpc) is 2.86. The molecule has 0 radical (unpaired) electrons. The number of aliphatic hydroxyl groups is 1. The molecule has 3 aromatic carbocycles. The second-order valence-corrected chi connectivity index (χ2v) is 9.27. The summed E-state index contributed by atoms with van der Waals surface area (Å²) >= 11 is 0. The van der Waals surface area contributed by atoms with Gasteiger partial charge in [-0.15, -0.1) is 0 Å². The molecule has 1 atom stereocenters. The molecular formula is C28H37NO6. The lowest BCUT2D eigenvalue weighted by atomic mass is 9.85. The van der Waals surface area contributed by atoms with Crippen molar-refractivity contribution >= 4 is 27.6 Å². The third-order valence-electron chi connectivity index (χ3n) is 6.10. The van der Waals surface area contributed by atoms with Crippen LogP contribution >= 0.6 is 0 Å². The summed E-state index contributed by atoms with van der Waals surface area (Å²) in [5.74, 6) is 2.01. The zero-order chi connectivity index (χ0) is 25.9. The number of aliphatic hydroxyl groups excluding tert-OH is 1. The average molecular weight is 484 g/mol. The number of carbonyl (C=O) groups is 1. The van der Waals surface area contributed by atoms with Crippen molar-refractivity contribution in [1.29, 1.82) is 0 Å². The molecule has 1 amide bonds. The van der Waals surface area contributed by atoms with Crippen molar-refractivity contribution in [1.82, 2.24) is 4.90 Å². The smallest absolute Gasteiger partial charge is 0.410 e. The van der Waals surface area contributed by atoms with E-state index in [-0.39, 0.29) is 12.6 Å². The fourth-order valence-corrected chi connectivity index (χ4v) is 4.57. The van der Waals surface area contributed by atoms with Gasteiger partial charge >= 0.3 is 6.09 Å². The molecule has 1 N–H and O–H groups in total. The first-order valence-electron chi connectivity index (χ1n) is 12.0. The zero-order valence-electron chi connectivity index (χ0n) is 22.0. The van der Waals surface area contributed by atoms with Crippen LogP contribution in [0.5, 0.6) is 17.2 Å². The van der Waals surface area contributed by atoms with E-state index in [0.29, 0.717) is 24.5 Å². The Labute approximate surface area is 207 Å². The Hall–Kier alpha value is -3.19. The number of methoxy groups -OCH3 is 3. The van der Waals surface area contributed by atoms with Crippen LogP contribution in [0.2, 0.25) is 0 Å². The van der Waals surface area contributed by atoms with Gasteiger partial charge in [-0.05, 0) is 84.1 Å². The van der Waals surface area contributed by atoms with E-state index >= 15 is 0 Å². The van der Waals surface area contributed by atoms with E-state index in [0.717, 1.165) is 38.4 Å². The number of ether oxygens (including phenoxy) is 4. The number of nitrogens with zero attached hydrogens (tertiary/aromatic N) is 1. The lowest BCUT2D eigenvalue weighted by molar-refractivity contribution is 0.00486. The molecule has 35 heavy (non-hydrogen) atoms. The van der Waals surface area contributed by atoms with Gasteiger partial charge in [0.25, 0.3) is 0 Å². The third-order valence-corrected chi connectivity index (χ3v) is 6.10. The van der Waals surface area contributed by atoms with Crippen molar-refractivity contribution in [2.24, 2.45) is 0 Å². The van der Waals surface area contributed by atoms with Gasteiger partial charge in [-0.3, -0.25) is 4.90 Å². The molecule has 190 valence electrons. The number of carbonyl (C=O) groups excluding carboxylic acids is 1. The van der Waals surface area contributed by atoms with Crippen molar-refractivity contribution in [3.05, 3.63) is 41.5 Å². The summed E-state index contributed by atoms with van der Waals surface area (Å²) in [6.45, 7) is 9.69. The molecule has 0 spiro atoms. The predicted octanol–water partition coefficient (Wildman–Crippen LogP) is 5.70. The van der Waals surface area contributed by atoms with Gasteiger partial charge in [-0.1, -0.05) is 19.9 Å². The second-order valence-electron chi connectivity index (χ2n) is 9.27. The Morgan fingerprint density at radius 2 is 1.51 bits per heavy atom. The molecule has 7 nitrogen and oxygen atoms in total. The van der Waals surface area contributed by atoms with Gasteiger partial charge in [0.15, 0.2) is 11.5 Å². The highest BCUT2D eigenvalue weighted by Crippen LogP contribution is 2.43. The van der Waals surface area contributed by atoms with Crippen molar-refractivity contribution in [3.63, 3.8) is 0 Å². The maximum atomic E-state index is 13.0. The summed E-state index contributed by atoms with van der Waals surface area (Å²) in [6.07, 6.45) is 0.0697.